The standard InChI is InChI=1S/C21H21ClFN3O3/c1-12-2-4-13(5-3-12)10-25-18(28)11-26(20-17(23)8-15(22)9-24-20)21(29)19(25)14-6-16(27)7-14/h2-5,8-9,14,16,19,27H,6-7,10-11H2,1H3/t14-,16+,19?. The molecule has 1 aliphatic carbocycles. The van der Waals surface area contributed by atoms with Gasteiger partial charge in [0.25, 0.3) is 5.91 Å². The van der Waals surface area contributed by atoms with Crippen molar-refractivity contribution in [2.45, 2.75) is 38.5 Å². The number of nitrogens with zero attached hydrogens (tertiary/aromatic N) is 3. The second-order valence-corrected chi connectivity index (χ2v) is 8.16. The maximum Gasteiger partial charge on any atom is 0.251 e. The van der Waals surface area contributed by atoms with Crippen LogP contribution in [-0.2, 0) is 16.1 Å². The molecule has 1 unspecified atom stereocenters. The lowest BCUT2D eigenvalue weighted by Crippen LogP contribution is -2.64. The number of aryl methyl sites for hydroxylation is 1. The molecular formula is C21H21ClFN3O3. The quantitative estimate of drug-likeness (QED) is 0.830. The second kappa shape index (κ2) is 7.72. The van der Waals surface area contributed by atoms with Crippen molar-refractivity contribution in [3.63, 3.8) is 0 Å². The summed E-state index contributed by atoms with van der Waals surface area (Å²) in [6, 6.07) is 8.06. The first-order valence-electron chi connectivity index (χ1n) is 9.49. The lowest BCUT2D eigenvalue weighted by Gasteiger charge is -2.47. The first-order chi connectivity index (χ1) is 13.8. The molecule has 0 radical (unpaired) electrons. The van der Waals surface area contributed by atoms with Crippen molar-refractivity contribution in [2.75, 3.05) is 11.4 Å². The van der Waals surface area contributed by atoms with Gasteiger partial charge in [0.05, 0.1) is 11.1 Å². The highest BCUT2D eigenvalue weighted by atomic mass is 35.5. The number of hydrogen-bond acceptors (Lipinski definition) is 4. The molecule has 4 rings (SSSR count). The van der Waals surface area contributed by atoms with E-state index in [0.29, 0.717) is 12.8 Å². The highest BCUT2D eigenvalue weighted by molar-refractivity contribution is 6.30. The van der Waals surface area contributed by atoms with Gasteiger partial charge in [-0.3, -0.25) is 14.5 Å². The number of rotatable bonds is 4. The summed E-state index contributed by atoms with van der Waals surface area (Å²) in [6.45, 7) is 1.97. The zero-order valence-corrected chi connectivity index (χ0v) is 16.6. The number of anilines is 1. The normalized spacial score (nSPS) is 24.6. The summed E-state index contributed by atoms with van der Waals surface area (Å²) in [5, 5.41) is 9.86. The molecule has 1 aliphatic heterocycles. The molecule has 1 N–H and O–H groups in total. The Morgan fingerprint density at radius 1 is 1.24 bits per heavy atom. The van der Waals surface area contributed by atoms with E-state index in [0.717, 1.165) is 22.1 Å². The van der Waals surface area contributed by atoms with E-state index in [4.69, 9.17) is 11.6 Å². The largest absolute Gasteiger partial charge is 0.393 e. The lowest BCUT2D eigenvalue weighted by molar-refractivity contribution is -0.149. The lowest BCUT2D eigenvalue weighted by atomic mass is 9.75. The van der Waals surface area contributed by atoms with Crippen LogP contribution in [0.4, 0.5) is 10.2 Å². The third-order valence-corrected chi connectivity index (χ3v) is 5.79. The Balaban J connectivity index is 1.65. The maximum atomic E-state index is 14.4. The maximum absolute atomic E-state index is 14.4. The van der Waals surface area contributed by atoms with Gasteiger partial charge in [0.15, 0.2) is 11.6 Å². The third kappa shape index (κ3) is 3.84. The summed E-state index contributed by atoms with van der Waals surface area (Å²) in [5.74, 6) is -1.80. The Morgan fingerprint density at radius 3 is 2.55 bits per heavy atom. The molecule has 1 aromatic carbocycles. The number of carbonyl (C=O) groups is 2. The summed E-state index contributed by atoms with van der Waals surface area (Å²) in [5.41, 5.74) is 2.01. The van der Waals surface area contributed by atoms with Gasteiger partial charge in [0, 0.05) is 12.7 Å². The number of pyridine rings is 1. The summed E-state index contributed by atoms with van der Waals surface area (Å²) in [6.07, 6.45) is 1.62. The monoisotopic (exact) mass is 417 g/mol. The molecule has 29 heavy (non-hydrogen) atoms. The number of piperazine rings is 1. The van der Waals surface area contributed by atoms with E-state index in [1.807, 2.05) is 31.2 Å². The van der Waals surface area contributed by atoms with Crippen molar-refractivity contribution in [3.8, 4) is 0 Å². The molecule has 2 heterocycles. The molecule has 1 saturated heterocycles. The number of hydrogen-bond donors (Lipinski definition) is 1. The molecule has 2 fully saturated rings. The molecule has 1 atom stereocenters. The zero-order valence-electron chi connectivity index (χ0n) is 15.9. The molecular weight excluding hydrogens is 397 g/mol. The number of aliphatic hydroxyl groups excluding tert-OH is 1. The van der Waals surface area contributed by atoms with Crippen LogP contribution >= 0.6 is 11.6 Å². The van der Waals surface area contributed by atoms with Crippen LogP contribution in [0.3, 0.4) is 0 Å². The van der Waals surface area contributed by atoms with Crippen LogP contribution in [0.15, 0.2) is 36.5 Å². The van der Waals surface area contributed by atoms with Crippen LogP contribution in [-0.4, -0.2) is 45.5 Å². The van der Waals surface area contributed by atoms with E-state index in [-0.39, 0.29) is 41.7 Å². The van der Waals surface area contributed by atoms with Crippen LogP contribution in [0.2, 0.25) is 5.02 Å². The van der Waals surface area contributed by atoms with Crippen molar-refractivity contribution >= 4 is 29.2 Å². The van der Waals surface area contributed by atoms with E-state index in [2.05, 4.69) is 4.98 Å². The molecule has 1 aromatic heterocycles. The van der Waals surface area contributed by atoms with E-state index >= 15 is 0 Å². The number of carbonyl (C=O) groups excluding carboxylic acids is 2. The first-order valence-corrected chi connectivity index (χ1v) is 9.87. The van der Waals surface area contributed by atoms with E-state index in [9.17, 15) is 19.1 Å². The Hall–Kier alpha value is -2.51. The molecule has 1 saturated carbocycles. The van der Waals surface area contributed by atoms with Gasteiger partial charge < -0.3 is 10.0 Å². The number of benzene rings is 1. The van der Waals surface area contributed by atoms with Crippen molar-refractivity contribution in [3.05, 3.63) is 58.5 Å². The van der Waals surface area contributed by atoms with Gasteiger partial charge in [-0.25, -0.2) is 9.37 Å². The number of halogens is 2. The van der Waals surface area contributed by atoms with Gasteiger partial charge in [-0.1, -0.05) is 41.4 Å². The second-order valence-electron chi connectivity index (χ2n) is 7.72. The molecule has 2 aromatic rings. The minimum atomic E-state index is -0.766. The highest BCUT2D eigenvalue weighted by Gasteiger charge is 2.48. The predicted octanol–water partition coefficient (Wildman–Crippen LogP) is 2.70. The summed E-state index contributed by atoms with van der Waals surface area (Å²) >= 11 is 5.76. The zero-order chi connectivity index (χ0) is 20.7. The van der Waals surface area contributed by atoms with E-state index in [1.165, 1.54) is 6.20 Å². The van der Waals surface area contributed by atoms with Crippen molar-refractivity contribution < 1.29 is 19.1 Å². The Bertz CT molecular complexity index is 947. The number of aromatic nitrogens is 1. The fourth-order valence-corrected chi connectivity index (χ4v) is 4.10. The summed E-state index contributed by atoms with van der Waals surface area (Å²) in [4.78, 5) is 32.9. The van der Waals surface area contributed by atoms with Crippen LogP contribution in [0.5, 0.6) is 0 Å². The van der Waals surface area contributed by atoms with E-state index < -0.39 is 18.0 Å². The van der Waals surface area contributed by atoms with Gasteiger partial charge in [0.1, 0.15) is 12.6 Å². The summed E-state index contributed by atoms with van der Waals surface area (Å²) in [7, 11) is 0. The van der Waals surface area contributed by atoms with Crippen molar-refractivity contribution in [2.24, 2.45) is 5.92 Å². The average Bonchev–Trinajstić information content (AvgIpc) is 2.65. The van der Waals surface area contributed by atoms with Gasteiger partial charge >= 0.3 is 0 Å². The van der Waals surface area contributed by atoms with Crippen LogP contribution in [0.1, 0.15) is 24.0 Å². The SMILES string of the molecule is Cc1ccc(CN2C(=O)CN(c3ncc(Cl)cc3F)C(=O)C2[C@H]2C[C@@H](O)C2)cc1. The Labute approximate surface area is 172 Å². The number of amides is 2. The smallest absolute Gasteiger partial charge is 0.251 e. The molecule has 8 heteroatoms. The van der Waals surface area contributed by atoms with E-state index in [1.54, 1.807) is 4.90 Å². The molecule has 6 nitrogen and oxygen atoms in total. The molecule has 0 spiro atoms. The molecule has 152 valence electrons. The highest BCUT2D eigenvalue weighted by Crippen LogP contribution is 2.37. The fraction of sp³-hybridized carbons (Fsp3) is 0.381. The topological polar surface area (TPSA) is 73.7 Å². The minimum absolute atomic E-state index is 0.113. The van der Waals surface area contributed by atoms with Crippen molar-refractivity contribution in [1.29, 1.82) is 0 Å². The van der Waals surface area contributed by atoms with Crippen LogP contribution < -0.4 is 4.90 Å². The van der Waals surface area contributed by atoms with Gasteiger partial charge in [-0.05, 0) is 37.3 Å². The first kappa shape index (κ1) is 19.8. The Morgan fingerprint density at radius 2 is 1.93 bits per heavy atom. The van der Waals surface area contributed by atoms with Gasteiger partial charge in [0.2, 0.25) is 5.91 Å². The number of aliphatic hydroxyl groups is 1. The summed E-state index contributed by atoms with van der Waals surface area (Å²) < 4.78 is 14.4. The molecule has 2 amide bonds. The van der Waals surface area contributed by atoms with Gasteiger partial charge in [-0.15, -0.1) is 0 Å². The van der Waals surface area contributed by atoms with Crippen molar-refractivity contribution in [1.82, 2.24) is 9.88 Å². The Kier molecular flexibility index (Phi) is 5.27. The van der Waals surface area contributed by atoms with Crippen LogP contribution in [0.25, 0.3) is 0 Å². The molecule has 0 bridgehead atoms. The van der Waals surface area contributed by atoms with Gasteiger partial charge in [-0.2, -0.15) is 0 Å². The minimum Gasteiger partial charge on any atom is -0.393 e. The predicted molar refractivity (Wildman–Crippen MR) is 106 cm³/mol. The average molecular weight is 418 g/mol. The molecule has 2 aliphatic rings. The fourth-order valence-electron chi connectivity index (χ4n) is 3.96. The third-order valence-electron chi connectivity index (χ3n) is 5.58. The van der Waals surface area contributed by atoms with Crippen LogP contribution in [0, 0.1) is 18.7 Å².